The summed E-state index contributed by atoms with van der Waals surface area (Å²) in [6.07, 6.45) is 9.81. The second-order valence-electron chi connectivity index (χ2n) is 2.10. The number of hydrogen-bond acceptors (Lipinski definition) is 2. The topological polar surface area (TPSA) is 12.9 Å². The summed E-state index contributed by atoms with van der Waals surface area (Å²) < 4.78 is 0. The molecule has 1 aromatic heterocycles. The Morgan fingerprint density at radius 1 is 1.14 bits per heavy atom. The molecular formula is C12H21NS. The second kappa shape index (κ2) is 14.6. The molecule has 0 saturated carbocycles. The fourth-order valence-corrected chi connectivity index (χ4v) is 0.957. The highest BCUT2D eigenvalue weighted by Crippen LogP contribution is 1.98. The van der Waals surface area contributed by atoms with E-state index in [4.69, 9.17) is 0 Å². The molecule has 0 aliphatic rings. The van der Waals surface area contributed by atoms with Crippen LogP contribution in [0.1, 0.15) is 32.7 Å². The molecule has 0 aromatic carbocycles. The third kappa shape index (κ3) is 13.7. The summed E-state index contributed by atoms with van der Waals surface area (Å²) in [4.78, 5) is 3.94. The van der Waals surface area contributed by atoms with Crippen LogP contribution >= 0.6 is 11.3 Å². The van der Waals surface area contributed by atoms with Gasteiger partial charge in [0.2, 0.25) is 0 Å². The Balaban J connectivity index is 0. The van der Waals surface area contributed by atoms with E-state index < -0.39 is 0 Å². The first-order chi connectivity index (χ1) is 6.81. The van der Waals surface area contributed by atoms with Gasteiger partial charge < -0.3 is 0 Å². The van der Waals surface area contributed by atoms with Gasteiger partial charge >= 0.3 is 0 Å². The van der Waals surface area contributed by atoms with Gasteiger partial charge in [0.1, 0.15) is 0 Å². The van der Waals surface area contributed by atoms with E-state index in [-0.39, 0.29) is 0 Å². The number of thiazole rings is 1. The van der Waals surface area contributed by atoms with Crippen molar-refractivity contribution in [3.8, 4) is 0 Å². The van der Waals surface area contributed by atoms with Crippen LogP contribution in [0.4, 0.5) is 0 Å². The molecule has 2 heteroatoms. The Morgan fingerprint density at radius 2 is 1.64 bits per heavy atom. The van der Waals surface area contributed by atoms with Crippen molar-refractivity contribution in [3.63, 3.8) is 0 Å². The summed E-state index contributed by atoms with van der Waals surface area (Å²) in [7, 11) is 0. The molecule has 0 bridgehead atoms. The average Bonchev–Trinajstić information content (AvgIpc) is 2.70. The summed E-state index contributed by atoms with van der Waals surface area (Å²) in [5, 5.41) is 3.10. The summed E-state index contributed by atoms with van der Waals surface area (Å²) in [6.45, 7) is 9.99. The van der Waals surface area contributed by atoms with Crippen LogP contribution in [-0.2, 0) is 0 Å². The number of rotatable bonds is 1. The monoisotopic (exact) mass is 211 g/mol. The van der Waals surface area contributed by atoms with E-state index in [2.05, 4.69) is 4.98 Å². The molecule has 1 nitrogen and oxygen atoms in total. The lowest BCUT2D eigenvalue weighted by molar-refractivity contribution is 1.30. The predicted octanol–water partition coefficient (Wildman–Crippen LogP) is 4.62. The third-order valence-corrected chi connectivity index (χ3v) is 1.76. The standard InChI is InChI=1S/C6H10.C4H5NS.C2H6/c1-3-5-6-4-2;1-4-5-2-3-6-4;1-2/h3-6H,1-2H3;2-3H,1H3;1-2H3/b5-3-,6-4-;;. The minimum absolute atomic E-state index is 1.13. The largest absolute Gasteiger partial charge is 0.250 e. The number of allylic oxidation sites excluding steroid dienone is 4. The lowest BCUT2D eigenvalue weighted by Gasteiger charge is -1.65. The van der Waals surface area contributed by atoms with Crippen molar-refractivity contribution in [2.24, 2.45) is 0 Å². The van der Waals surface area contributed by atoms with E-state index in [1.807, 2.05) is 64.3 Å². The van der Waals surface area contributed by atoms with Gasteiger partial charge in [-0.25, -0.2) is 0 Å². The van der Waals surface area contributed by atoms with E-state index in [0.717, 1.165) is 5.01 Å². The second-order valence-corrected chi connectivity index (χ2v) is 3.20. The molecule has 1 heterocycles. The minimum atomic E-state index is 1.13. The summed E-state index contributed by atoms with van der Waals surface area (Å²) in [6, 6.07) is 0. The van der Waals surface area contributed by atoms with Crippen molar-refractivity contribution in [2.75, 3.05) is 0 Å². The SMILES string of the molecule is C/C=C\C=C/C.CC.Cc1nccs1. The van der Waals surface area contributed by atoms with E-state index >= 15 is 0 Å². The molecular weight excluding hydrogens is 190 g/mol. The first kappa shape index (κ1) is 15.6. The molecule has 80 valence electrons. The molecule has 0 aliphatic carbocycles. The lowest BCUT2D eigenvalue weighted by atomic mass is 10.5. The van der Waals surface area contributed by atoms with Crippen LogP contribution < -0.4 is 0 Å². The molecule has 0 amide bonds. The highest BCUT2D eigenvalue weighted by atomic mass is 32.1. The predicted molar refractivity (Wildman–Crippen MR) is 67.8 cm³/mol. The first-order valence-corrected chi connectivity index (χ1v) is 5.79. The Bertz CT molecular complexity index is 212. The number of aryl methyl sites for hydroxylation is 1. The van der Waals surface area contributed by atoms with Gasteiger partial charge in [0.05, 0.1) is 5.01 Å². The van der Waals surface area contributed by atoms with Crippen LogP contribution in [0.3, 0.4) is 0 Å². The minimum Gasteiger partial charge on any atom is -0.250 e. The van der Waals surface area contributed by atoms with Gasteiger partial charge in [-0.3, -0.25) is 4.98 Å². The first-order valence-electron chi connectivity index (χ1n) is 4.91. The molecule has 0 fully saturated rings. The van der Waals surface area contributed by atoms with E-state index in [9.17, 15) is 0 Å². The van der Waals surface area contributed by atoms with E-state index in [1.165, 1.54) is 0 Å². The Labute approximate surface area is 92.2 Å². The van der Waals surface area contributed by atoms with Crippen LogP contribution in [0.5, 0.6) is 0 Å². The van der Waals surface area contributed by atoms with Gasteiger partial charge in [0.25, 0.3) is 0 Å². The number of nitrogens with zero attached hydrogens (tertiary/aromatic N) is 1. The number of aromatic nitrogens is 1. The lowest BCUT2D eigenvalue weighted by Crippen LogP contribution is -1.56. The molecule has 0 N–H and O–H groups in total. The highest BCUT2D eigenvalue weighted by Gasteiger charge is 1.76. The maximum absolute atomic E-state index is 3.94. The Hall–Kier alpha value is -0.890. The average molecular weight is 211 g/mol. The van der Waals surface area contributed by atoms with Crippen molar-refractivity contribution in [3.05, 3.63) is 40.9 Å². The van der Waals surface area contributed by atoms with Crippen LogP contribution in [0.2, 0.25) is 0 Å². The Kier molecular flexibility index (Phi) is 16.3. The molecule has 0 aliphatic heterocycles. The van der Waals surface area contributed by atoms with Crippen molar-refractivity contribution in [1.29, 1.82) is 0 Å². The molecule has 0 spiro atoms. The van der Waals surface area contributed by atoms with Crippen LogP contribution in [0.15, 0.2) is 35.9 Å². The molecule has 1 rings (SSSR count). The zero-order valence-electron chi connectivity index (χ0n) is 9.82. The quantitative estimate of drug-likeness (QED) is 0.618. The third-order valence-electron chi connectivity index (χ3n) is 1.05. The van der Waals surface area contributed by atoms with Crippen molar-refractivity contribution in [2.45, 2.75) is 34.6 Å². The van der Waals surface area contributed by atoms with Crippen LogP contribution in [0, 0.1) is 6.92 Å². The normalized spacial score (nSPS) is 9.21. The van der Waals surface area contributed by atoms with Gasteiger partial charge in [-0.2, -0.15) is 0 Å². The Morgan fingerprint density at radius 3 is 1.79 bits per heavy atom. The molecule has 1 aromatic rings. The summed E-state index contributed by atoms with van der Waals surface area (Å²) in [5.74, 6) is 0. The zero-order valence-corrected chi connectivity index (χ0v) is 10.6. The van der Waals surface area contributed by atoms with Crippen molar-refractivity contribution in [1.82, 2.24) is 4.98 Å². The van der Waals surface area contributed by atoms with Crippen molar-refractivity contribution >= 4 is 11.3 Å². The van der Waals surface area contributed by atoms with E-state index in [1.54, 1.807) is 17.5 Å². The molecule has 0 atom stereocenters. The highest BCUT2D eigenvalue weighted by molar-refractivity contribution is 7.09. The van der Waals surface area contributed by atoms with Gasteiger partial charge in [0, 0.05) is 11.6 Å². The summed E-state index contributed by atoms with van der Waals surface area (Å²) in [5.41, 5.74) is 0. The van der Waals surface area contributed by atoms with E-state index in [0.29, 0.717) is 0 Å². The maximum atomic E-state index is 3.94. The fraction of sp³-hybridized carbons (Fsp3) is 0.417. The van der Waals surface area contributed by atoms with Crippen molar-refractivity contribution < 1.29 is 0 Å². The molecule has 14 heavy (non-hydrogen) atoms. The molecule has 0 radical (unpaired) electrons. The van der Waals surface area contributed by atoms with Crippen LogP contribution in [-0.4, -0.2) is 4.98 Å². The van der Waals surface area contributed by atoms with Crippen LogP contribution in [0.25, 0.3) is 0 Å². The fourth-order valence-electron chi connectivity index (χ4n) is 0.517. The summed E-state index contributed by atoms with van der Waals surface area (Å²) >= 11 is 1.67. The maximum Gasteiger partial charge on any atom is 0.0893 e. The molecule has 0 unspecified atom stereocenters. The zero-order chi connectivity index (χ0) is 11.2. The van der Waals surface area contributed by atoms with Gasteiger partial charge in [0.15, 0.2) is 0 Å². The van der Waals surface area contributed by atoms with Gasteiger partial charge in [-0.15, -0.1) is 11.3 Å². The number of hydrogen-bond donors (Lipinski definition) is 0. The van der Waals surface area contributed by atoms with Gasteiger partial charge in [-0.1, -0.05) is 38.2 Å². The molecule has 0 saturated heterocycles. The smallest absolute Gasteiger partial charge is 0.0893 e. The van der Waals surface area contributed by atoms with Gasteiger partial charge in [-0.05, 0) is 20.8 Å².